The number of ether oxygens (including phenoxy) is 2. The van der Waals surface area contributed by atoms with Crippen molar-refractivity contribution in [1.82, 2.24) is 0 Å². The number of halogens is 1. The first-order chi connectivity index (χ1) is 12.1. The summed E-state index contributed by atoms with van der Waals surface area (Å²) in [5, 5.41) is 3.68. The highest BCUT2D eigenvalue weighted by molar-refractivity contribution is 6.30. The van der Waals surface area contributed by atoms with E-state index in [-0.39, 0.29) is 17.7 Å². The lowest BCUT2D eigenvalue weighted by atomic mass is 10.1. The van der Waals surface area contributed by atoms with Gasteiger partial charge in [-0.2, -0.15) is 0 Å². The quantitative estimate of drug-likeness (QED) is 0.766. The van der Waals surface area contributed by atoms with Gasteiger partial charge in [0.2, 0.25) is 5.91 Å². The van der Waals surface area contributed by atoms with Crippen LogP contribution in [0.3, 0.4) is 0 Å². The van der Waals surface area contributed by atoms with E-state index >= 15 is 0 Å². The lowest BCUT2D eigenvalue weighted by molar-refractivity contribution is -0.117. The van der Waals surface area contributed by atoms with Crippen molar-refractivity contribution in [3.8, 4) is 11.5 Å². The molecule has 0 spiro atoms. The summed E-state index contributed by atoms with van der Waals surface area (Å²) in [6.07, 6.45) is 0.849. The number of nitrogens with one attached hydrogen (secondary N) is 1. The van der Waals surface area contributed by atoms with Crippen molar-refractivity contribution in [2.75, 3.05) is 18.5 Å². The van der Waals surface area contributed by atoms with Gasteiger partial charge in [-0.05, 0) is 56.0 Å². The van der Waals surface area contributed by atoms with Crippen LogP contribution in [-0.2, 0) is 4.79 Å². The molecular formula is C20H22ClNO3. The van der Waals surface area contributed by atoms with Gasteiger partial charge in [-0.15, -0.1) is 0 Å². The first-order valence-corrected chi connectivity index (χ1v) is 8.96. The summed E-state index contributed by atoms with van der Waals surface area (Å²) < 4.78 is 11.1. The van der Waals surface area contributed by atoms with Gasteiger partial charge in [-0.1, -0.05) is 23.7 Å². The van der Waals surface area contributed by atoms with E-state index in [2.05, 4.69) is 5.32 Å². The largest absolute Gasteiger partial charge is 0.490 e. The third-order valence-electron chi connectivity index (χ3n) is 4.21. The molecule has 1 aliphatic rings. The minimum Gasteiger partial charge on any atom is -0.490 e. The monoisotopic (exact) mass is 359 g/mol. The summed E-state index contributed by atoms with van der Waals surface area (Å²) in [7, 11) is 0. The van der Waals surface area contributed by atoms with Crippen molar-refractivity contribution in [2.45, 2.75) is 26.2 Å². The van der Waals surface area contributed by atoms with E-state index in [0.29, 0.717) is 35.4 Å². The van der Waals surface area contributed by atoms with E-state index in [1.807, 2.05) is 56.3 Å². The highest BCUT2D eigenvalue weighted by Crippen LogP contribution is 2.48. The fourth-order valence-electron chi connectivity index (χ4n) is 2.95. The molecule has 1 aliphatic carbocycles. The topological polar surface area (TPSA) is 47.6 Å². The molecule has 2 aromatic carbocycles. The zero-order valence-corrected chi connectivity index (χ0v) is 15.2. The Balaban J connectivity index is 1.66. The predicted molar refractivity (Wildman–Crippen MR) is 99.7 cm³/mol. The summed E-state index contributed by atoms with van der Waals surface area (Å²) in [5.41, 5.74) is 1.84. The Morgan fingerprint density at radius 1 is 1.12 bits per heavy atom. The smallest absolute Gasteiger partial charge is 0.228 e. The molecule has 0 saturated heterocycles. The number of carbonyl (C=O) groups is 1. The number of carbonyl (C=O) groups excluding carboxylic acids is 1. The highest BCUT2D eigenvalue weighted by atomic mass is 35.5. The Labute approximate surface area is 153 Å². The van der Waals surface area contributed by atoms with Crippen LogP contribution in [0.4, 0.5) is 5.69 Å². The van der Waals surface area contributed by atoms with Crippen LogP contribution >= 0.6 is 11.6 Å². The second kappa shape index (κ2) is 7.79. The lowest BCUT2D eigenvalue weighted by Crippen LogP contribution is -2.14. The Morgan fingerprint density at radius 3 is 2.60 bits per heavy atom. The molecule has 0 bridgehead atoms. The number of anilines is 1. The summed E-state index contributed by atoms with van der Waals surface area (Å²) in [6.45, 7) is 4.95. The zero-order valence-electron chi connectivity index (χ0n) is 14.4. The van der Waals surface area contributed by atoms with E-state index in [4.69, 9.17) is 21.1 Å². The van der Waals surface area contributed by atoms with Crippen LogP contribution in [0.2, 0.25) is 5.02 Å². The molecule has 5 heteroatoms. The Kier molecular flexibility index (Phi) is 5.49. The van der Waals surface area contributed by atoms with Gasteiger partial charge in [-0.25, -0.2) is 0 Å². The van der Waals surface area contributed by atoms with Gasteiger partial charge in [0.15, 0.2) is 11.5 Å². The second-order valence-corrected chi connectivity index (χ2v) is 6.46. The van der Waals surface area contributed by atoms with Gasteiger partial charge in [0, 0.05) is 22.7 Å². The van der Waals surface area contributed by atoms with Gasteiger partial charge in [0.1, 0.15) is 0 Å². The van der Waals surface area contributed by atoms with Gasteiger partial charge >= 0.3 is 0 Å². The molecule has 0 radical (unpaired) electrons. The van der Waals surface area contributed by atoms with Crippen LogP contribution < -0.4 is 14.8 Å². The molecule has 132 valence electrons. The molecule has 4 nitrogen and oxygen atoms in total. The third kappa shape index (κ3) is 4.26. The van der Waals surface area contributed by atoms with Crippen LogP contribution in [0.5, 0.6) is 11.5 Å². The highest BCUT2D eigenvalue weighted by Gasteiger charge is 2.44. The average Bonchev–Trinajstić information content (AvgIpc) is 3.38. The van der Waals surface area contributed by atoms with Crippen molar-refractivity contribution in [2.24, 2.45) is 5.92 Å². The SMILES string of the molecule is CCOc1ccc(NC(=O)C2CC2c2cccc(Cl)c2)cc1OCC. The Morgan fingerprint density at radius 2 is 1.88 bits per heavy atom. The van der Waals surface area contributed by atoms with Crippen LogP contribution in [-0.4, -0.2) is 19.1 Å². The van der Waals surface area contributed by atoms with Crippen LogP contribution in [0, 0.1) is 5.92 Å². The molecule has 25 heavy (non-hydrogen) atoms. The van der Waals surface area contributed by atoms with Crippen LogP contribution in [0.25, 0.3) is 0 Å². The second-order valence-electron chi connectivity index (χ2n) is 6.02. The van der Waals surface area contributed by atoms with E-state index in [1.54, 1.807) is 0 Å². The van der Waals surface area contributed by atoms with Crippen molar-refractivity contribution in [3.63, 3.8) is 0 Å². The van der Waals surface area contributed by atoms with Gasteiger partial charge < -0.3 is 14.8 Å². The molecule has 0 heterocycles. The lowest BCUT2D eigenvalue weighted by Gasteiger charge is -2.13. The minimum absolute atomic E-state index is 0.0134. The number of amides is 1. The average molecular weight is 360 g/mol. The van der Waals surface area contributed by atoms with E-state index < -0.39 is 0 Å². The molecule has 1 amide bonds. The first-order valence-electron chi connectivity index (χ1n) is 8.58. The fourth-order valence-corrected chi connectivity index (χ4v) is 3.15. The molecule has 0 aliphatic heterocycles. The van der Waals surface area contributed by atoms with Gasteiger partial charge in [0.05, 0.1) is 13.2 Å². The molecular weight excluding hydrogens is 338 g/mol. The maximum atomic E-state index is 12.5. The minimum atomic E-state index is -0.0134. The van der Waals surface area contributed by atoms with Crippen molar-refractivity contribution >= 4 is 23.2 Å². The van der Waals surface area contributed by atoms with Crippen molar-refractivity contribution in [3.05, 3.63) is 53.1 Å². The molecule has 1 saturated carbocycles. The Hall–Kier alpha value is -2.20. The maximum Gasteiger partial charge on any atom is 0.228 e. The van der Waals surface area contributed by atoms with Crippen molar-refractivity contribution in [1.29, 1.82) is 0 Å². The summed E-state index contributed by atoms with van der Waals surface area (Å²) in [5.74, 6) is 1.58. The molecule has 2 atom stereocenters. The molecule has 2 unspecified atom stereocenters. The summed E-state index contributed by atoms with van der Waals surface area (Å²) in [6, 6.07) is 13.2. The zero-order chi connectivity index (χ0) is 17.8. The van der Waals surface area contributed by atoms with Crippen molar-refractivity contribution < 1.29 is 14.3 Å². The van der Waals surface area contributed by atoms with E-state index in [9.17, 15) is 4.79 Å². The number of hydrogen-bond donors (Lipinski definition) is 1. The van der Waals surface area contributed by atoms with Gasteiger partial charge in [-0.3, -0.25) is 4.79 Å². The standard InChI is InChI=1S/C20H22ClNO3/c1-3-24-18-9-8-15(11-19(18)25-4-2)22-20(23)17-12-16(17)13-6-5-7-14(21)10-13/h5-11,16-17H,3-4,12H2,1-2H3,(H,22,23). The first kappa shape index (κ1) is 17.6. The van der Waals surface area contributed by atoms with E-state index in [0.717, 1.165) is 12.0 Å². The molecule has 1 fully saturated rings. The Bertz CT molecular complexity index is 762. The molecule has 2 aromatic rings. The number of hydrogen-bond acceptors (Lipinski definition) is 3. The number of benzene rings is 2. The molecule has 0 aromatic heterocycles. The molecule has 1 N–H and O–H groups in total. The summed E-state index contributed by atoms with van der Waals surface area (Å²) in [4.78, 5) is 12.5. The van der Waals surface area contributed by atoms with Gasteiger partial charge in [0.25, 0.3) is 0 Å². The normalized spacial score (nSPS) is 18.5. The predicted octanol–water partition coefficient (Wildman–Crippen LogP) is 4.88. The third-order valence-corrected chi connectivity index (χ3v) is 4.45. The number of rotatable bonds is 7. The summed E-state index contributed by atoms with van der Waals surface area (Å²) >= 11 is 6.04. The van der Waals surface area contributed by atoms with Crippen LogP contribution in [0.15, 0.2) is 42.5 Å². The molecule has 3 rings (SSSR count). The van der Waals surface area contributed by atoms with Crippen LogP contribution in [0.1, 0.15) is 31.7 Å². The van der Waals surface area contributed by atoms with E-state index in [1.165, 1.54) is 0 Å². The fraction of sp³-hybridized carbons (Fsp3) is 0.350. The maximum absolute atomic E-state index is 12.5.